The van der Waals surface area contributed by atoms with Crippen LogP contribution in [0.2, 0.25) is 0 Å². The molecule has 28 heavy (non-hydrogen) atoms. The van der Waals surface area contributed by atoms with E-state index in [1.54, 1.807) is 0 Å². The van der Waals surface area contributed by atoms with E-state index in [-0.39, 0.29) is 12.5 Å². The lowest BCUT2D eigenvalue weighted by Crippen LogP contribution is -2.37. The molecule has 2 aromatic carbocycles. The first-order valence-electron chi connectivity index (χ1n) is 9.02. The first-order valence-corrected chi connectivity index (χ1v) is 9.90. The van der Waals surface area contributed by atoms with Crippen molar-refractivity contribution in [1.29, 1.82) is 0 Å². The van der Waals surface area contributed by atoms with Crippen LogP contribution in [-0.2, 0) is 11.3 Å². The summed E-state index contributed by atoms with van der Waals surface area (Å²) in [5.74, 6) is 1.33. The van der Waals surface area contributed by atoms with E-state index in [1.807, 2.05) is 66.9 Å². The number of thiophene rings is 1. The molecule has 0 radical (unpaired) electrons. The number of amides is 1. The van der Waals surface area contributed by atoms with Gasteiger partial charge in [0.25, 0.3) is 5.91 Å². The minimum atomic E-state index is -0.596. The maximum Gasteiger partial charge on any atom is 0.261 e. The van der Waals surface area contributed by atoms with Crippen LogP contribution in [0.5, 0.6) is 5.75 Å². The van der Waals surface area contributed by atoms with Gasteiger partial charge in [-0.2, -0.15) is 4.98 Å². The molecular weight excluding hydrogens is 374 g/mol. The molecule has 0 saturated heterocycles. The van der Waals surface area contributed by atoms with E-state index in [1.165, 1.54) is 11.3 Å². The SMILES string of the molecule is CC[C@@H](Oc1ccc2ccccc2c1)C(=O)NCc1nc(-c2cccs2)no1. The van der Waals surface area contributed by atoms with Gasteiger partial charge in [0.2, 0.25) is 11.7 Å². The van der Waals surface area contributed by atoms with Crippen molar-refractivity contribution >= 4 is 28.0 Å². The number of hydrogen-bond acceptors (Lipinski definition) is 6. The third-order valence-corrected chi connectivity index (χ3v) is 5.15. The Kier molecular flexibility index (Phi) is 5.34. The zero-order valence-electron chi connectivity index (χ0n) is 15.3. The molecule has 142 valence electrons. The van der Waals surface area contributed by atoms with Crippen molar-refractivity contribution in [2.24, 2.45) is 0 Å². The molecule has 0 unspecified atom stereocenters. The van der Waals surface area contributed by atoms with E-state index in [4.69, 9.17) is 9.26 Å². The second-order valence-electron chi connectivity index (χ2n) is 6.23. The van der Waals surface area contributed by atoms with Gasteiger partial charge in [0.1, 0.15) is 5.75 Å². The quantitative estimate of drug-likeness (QED) is 0.503. The van der Waals surface area contributed by atoms with Gasteiger partial charge < -0.3 is 14.6 Å². The normalized spacial score (nSPS) is 12.0. The van der Waals surface area contributed by atoms with Crippen molar-refractivity contribution in [1.82, 2.24) is 15.5 Å². The van der Waals surface area contributed by atoms with Gasteiger partial charge in [-0.25, -0.2) is 0 Å². The van der Waals surface area contributed by atoms with Gasteiger partial charge in [0.05, 0.1) is 11.4 Å². The van der Waals surface area contributed by atoms with Gasteiger partial charge in [-0.1, -0.05) is 48.5 Å². The number of hydrogen-bond donors (Lipinski definition) is 1. The molecule has 4 aromatic rings. The summed E-state index contributed by atoms with van der Waals surface area (Å²) in [7, 11) is 0. The smallest absolute Gasteiger partial charge is 0.261 e. The number of ether oxygens (including phenoxy) is 1. The highest BCUT2D eigenvalue weighted by atomic mass is 32.1. The fourth-order valence-electron chi connectivity index (χ4n) is 2.84. The number of fused-ring (bicyclic) bond motifs is 1. The molecule has 1 N–H and O–H groups in total. The summed E-state index contributed by atoms with van der Waals surface area (Å²) in [5, 5.41) is 10.9. The molecule has 0 bridgehead atoms. The maximum atomic E-state index is 12.5. The average Bonchev–Trinajstić information content (AvgIpc) is 3.41. The fourth-order valence-corrected chi connectivity index (χ4v) is 3.49. The summed E-state index contributed by atoms with van der Waals surface area (Å²) >= 11 is 1.53. The molecule has 0 aliphatic rings. The summed E-state index contributed by atoms with van der Waals surface area (Å²) in [6.45, 7) is 2.07. The van der Waals surface area contributed by atoms with Gasteiger partial charge in [0, 0.05) is 0 Å². The standard InChI is InChI=1S/C21H19N3O3S/c1-2-17(26-16-10-9-14-6-3-4-7-15(14)12-16)21(25)22-13-19-23-20(24-27-19)18-8-5-11-28-18/h3-12,17H,2,13H2,1H3,(H,22,25)/t17-/m1/s1. The van der Waals surface area contributed by atoms with Crippen molar-refractivity contribution in [2.45, 2.75) is 26.0 Å². The Morgan fingerprint density at radius 2 is 2.04 bits per heavy atom. The molecule has 0 saturated carbocycles. The highest BCUT2D eigenvalue weighted by molar-refractivity contribution is 7.13. The second kappa shape index (κ2) is 8.22. The zero-order valence-corrected chi connectivity index (χ0v) is 16.1. The van der Waals surface area contributed by atoms with Crippen LogP contribution in [0.25, 0.3) is 21.5 Å². The van der Waals surface area contributed by atoms with Crippen LogP contribution in [0, 0.1) is 0 Å². The topological polar surface area (TPSA) is 77.2 Å². The molecule has 0 fully saturated rings. The molecule has 2 heterocycles. The molecule has 4 rings (SSSR count). The first kappa shape index (κ1) is 18.2. The Bertz CT molecular complexity index is 1080. The van der Waals surface area contributed by atoms with Gasteiger partial charge in [-0.15, -0.1) is 11.3 Å². The van der Waals surface area contributed by atoms with Crippen molar-refractivity contribution in [3.63, 3.8) is 0 Å². The van der Waals surface area contributed by atoms with Gasteiger partial charge in [0.15, 0.2) is 6.10 Å². The van der Waals surface area contributed by atoms with E-state index in [0.29, 0.717) is 23.9 Å². The van der Waals surface area contributed by atoms with Crippen LogP contribution in [0.3, 0.4) is 0 Å². The Labute approximate surface area is 166 Å². The first-order chi connectivity index (χ1) is 13.7. The van der Waals surface area contributed by atoms with E-state index < -0.39 is 6.10 Å². The third-order valence-electron chi connectivity index (χ3n) is 4.29. The maximum absolute atomic E-state index is 12.5. The Morgan fingerprint density at radius 3 is 2.82 bits per heavy atom. The number of rotatable bonds is 7. The number of aromatic nitrogens is 2. The third kappa shape index (κ3) is 4.04. The number of benzene rings is 2. The molecule has 6 nitrogen and oxygen atoms in total. The summed E-state index contributed by atoms with van der Waals surface area (Å²) in [4.78, 5) is 17.8. The monoisotopic (exact) mass is 393 g/mol. The Balaban J connectivity index is 1.38. The summed E-state index contributed by atoms with van der Waals surface area (Å²) in [5.41, 5.74) is 0. The van der Waals surface area contributed by atoms with Crippen LogP contribution in [0.15, 0.2) is 64.5 Å². The zero-order chi connectivity index (χ0) is 19.3. The highest BCUT2D eigenvalue weighted by Gasteiger charge is 2.19. The van der Waals surface area contributed by atoms with E-state index in [2.05, 4.69) is 15.5 Å². The predicted octanol–water partition coefficient (Wildman–Crippen LogP) is 4.43. The highest BCUT2D eigenvalue weighted by Crippen LogP contribution is 2.23. The number of carbonyl (C=O) groups excluding carboxylic acids is 1. The van der Waals surface area contributed by atoms with Gasteiger partial charge in [-0.3, -0.25) is 4.79 Å². The van der Waals surface area contributed by atoms with Crippen LogP contribution in [0.1, 0.15) is 19.2 Å². The molecule has 1 amide bonds. The van der Waals surface area contributed by atoms with E-state index in [0.717, 1.165) is 15.6 Å². The molecule has 2 aromatic heterocycles. The molecule has 0 spiro atoms. The summed E-state index contributed by atoms with van der Waals surface area (Å²) < 4.78 is 11.1. The lowest BCUT2D eigenvalue weighted by Gasteiger charge is -2.17. The van der Waals surface area contributed by atoms with Crippen molar-refractivity contribution in [3.8, 4) is 16.5 Å². The number of carbonyl (C=O) groups is 1. The minimum absolute atomic E-state index is 0.161. The van der Waals surface area contributed by atoms with Gasteiger partial charge >= 0.3 is 0 Å². The van der Waals surface area contributed by atoms with Crippen molar-refractivity contribution < 1.29 is 14.1 Å². The summed E-state index contributed by atoms with van der Waals surface area (Å²) in [6, 6.07) is 17.7. The molecular formula is C21H19N3O3S. The Hall–Kier alpha value is -3.19. The van der Waals surface area contributed by atoms with Crippen LogP contribution in [-0.4, -0.2) is 22.2 Å². The molecule has 0 aliphatic carbocycles. The largest absolute Gasteiger partial charge is 0.481 e. The minimum Gasteiger partial charge on any atom is -0.481 e. The molecule has 0 aliphatic heterocycles. The molecule has 1 atom stereocenters. The van der Waals surface area contributed by atoms with Crippen LogP contribution in [0.4, 0.5) is 0 Å². The van der Waals surface area contributed by atoms with Crippen LogP contribution >= 0.6 is 11.3 Å². The van der Waals surface area contributed by atoms with Crippen molar-refractivity contribution in [2.75, 3.05) is 0 Å². The fraction of sp³-hybridized carbons (Fsp3) is 0.190. The van der Waals surface area contributed by atoms with E-state index in [9.17, 15) is 4.79 Å². The van der Waals surface area contributed by atoms with Crippen LogP contribution < -0.4 is 10.1 Å². The number of nitrogens with zero attached hydrogens (tertiary/aromatic N) is 2. The van der Waals surface area contributed by atoms with Gasteiger partial charge in [-0.05, 0) is 40.8 Å². The molecule has 7 heteroatoms. The number of nitrogens with one attached hydrogen (secondary N) is 1. The van der Waals surface area contributed by atoms with Crippen molar-refractivity contribution in [3.05, 3.63) is 65.9 Å². The lowest BCUT2D eigenvalue weighted by atomic mass is 10.1. The Morgan fingerprint density at radius 1 is 1.18 bits per heavy atom. The second-order valence-corrected chi connectivity index (χ2v) is 7.18. The lowest BCUT2D eigenvalue weighted by molar-refractivity contribution is -0.128. The predicted molar refractivity (Wildman–Crippen MR) is 108 cm³/mol. The summed E-state index contributed by atoms with van der Waals surface area (Å²) in [6.07, 6.45) is -0.0519. The van der Waals surface area contributed by atoms with E-state index >= 15 is 0 Å². The average molecular weight is 393 g/mol.